The lowest BCUT2D eigenvalue weighted by atomic mass is 10.2. The number of epoxide rings is 6. The summed E-state index contributed by atoms with van der Waals surface area (Å²) in [5.41, 5.74) is -9.06. The molecule has 11 heterocycles. The molecule has 0 aliphatic carbocycles. The molecule has 0 saturated carbocycles. The average molecular weight is 1740 g/mol. The smallest absolute Gasteiger partial charge is 0.336 e. The normalized spacial score (nSPS) is 18.0. The minimum absolute atomic E-state index is 0.00116. The van der Waals surface area contributed by atoms with Gasteiger partial charge in [-0.2, -0.15) is 0 Å². The predicted molar refractivity (Wildman–Crippen MR) is 453 cm³/mol. The first-order chi connectivity index (χ1) is 59.1. The van der Waals surface area contributed by atoms with E-state index in [1.807, 2.05) is 12.2 Å². The van der Waals surface area contributed by atoms with E-state index in [2.05, 4.69) is 39.5 Å². The molecule has 42 heteroatoms. The molecule has 0 bridgehead atoms. The van der Waals surface area contributed by atoms with Gasteiger partial charge in [-0.1, -0.05) is 36.5 Å². The summed E-state index contributed by atoms with van der Waals surface area (Å²) in [4.78, 5) is 186. The third kappa shape index (κ3) is 31.9. The van der Waals surface area contributed by atoms with Gasteiger partial charge in [-0.15, -0.1) is 39.5 Å². The molecule has 0 radical (unpaired) electrons. The average Bonchev–Trinajstić information content (AvgIpc) is 1.67. The predicted octanol–water partition coefficient (Wildman–Crippen LogP) is -2.08. The van der Waals surface area contributed by atoms with Crippen molar-refractivity contribution in [2.24, 2.45) is 21.1 Å². The van der Waals surface area contributed by atoms with Crippen molar-refractivity contribution in [3.8, 4) is 0 Å². The van der Waals surface area contributed by atoms with Crippen molar-refractivity contribution in [1.29, 1.82) is 0 Å². The van der Waals surface area contributed by atoms with Crippen molar-refractivity contribution < 1.29 is 56.8 Å². The highest BCUT2D eigenvalue weighted by Gasteiger charge is 2.30. The second kappa shape index (κ2) is 51.3. The van der Waals surface area contributed by atoms with Crippen molar-refractivity contribution in [2.45, 2.75) is 231 Å². The molecule has 0 spiro atoms. The Morgan fingerprint density at radius 1 is 0.276 bits per heavy atom. The van der Waals surface area contributed by atoms with E-state index in [0.717, 1.165) is 106 Å². The van der Waals surface area contributed by atoms with Crippen LogP contribution in [0, 0.1) is 0 Å². The van der Waals surface area contributed by atoms with Crippen LogP contribution >= 0.6 is 0 Å². The molecule has 6 aliphatic rings. The zero-order valence-corrected chi connectivity index (χ0v) is 71.7. The molecule has 6 saturated heterocycles. The quantitative estimate of drug-likeness (QED) is 0.0229. The van der Waals surface area contributed by atoms with Gasteiger partial charge in [-0.25, -0.2) is 140 Å². The Bertz CT molecular complexity index is 4910. The fraction of sp³-hybridized carbons (Fsp3) is 0.667. The lowest BCUT2D eigenvalue weighted by Gasteiger charge is -2.20. The van der Waals surface area contributed by atoms with Crippen molar-refractivity contribution in [2.75, 3.05) is 99.1 Å². The molecule has 9 unspecified atom stereocenters. The van der Waals surface area contributed by atoms with E-state index in [-0.39, 0.29) is 122 Å². The van der Waals surface area contributed by atoms with Crippen LogP contribution in [0.4, 0.5) is 0 Å². The number of aromatic nitrogens is 15. The molecule has 0 aromatic carbocycles. The fourth-order valence-electron chi connectivity index (χ4n) is 12.4. The van der Waals surface area contributed by atoms with E-state index in [1.165, 1.54) is 34.8 Å². The standard InChI is InChI=1S/C21H33N3O7.C21H33N3O4.C18H27N3O7.C12H17N3O5.C9H13N3O4/c1-6-8-28-15(3)10-22-19(25)23(11-16(4)29-9-7-2)21(27)24(20(22)26)12-17(5)30-13-18-14-31-18;1-3-5-7-10-14-22-19(25)23(15-11-8-6-4-2)21(27)24(20(22)26)16-12-9-13-18-17-28-18;1-3-8-25-10-5-19-16(22)20(6-11-26-9-4-2)18(24)21(17(19)23)7-12-27-13-15-14-28-15;1-13-10(16)14(4-2-8-6-19-8)12(18)15(11(13)17)5-3-9-7-20-9;1-10-7(13)11(2)9(15)12(8(10)14)4-3-6-5-16-6/h6-7,15-18H,1-2,8-14H2,3-5H3;3-4,18H,1-2,5-17H2;3-4,15H,1-2,5-14H2;8-9H,2-7H2,1H3;6H,3-5H2,1-2H3. The van der Waals surface area contributed by atoms with Gasteiger partial charge in [0.25, 0.3) is 0 Å². The van der Waals surface area contributed by atoms with Gasteiger partial charge < -0.3 is 56.8 Å². The maximum atomic E-state index is 13.0. The van der Waals surface area contributed by atoms with Gasteiger partial charge in [0.05, 0.1) is 181 Å². The Labute approximate surface area is 707 Å². The van der Waals surface area contributed by atoms with E-state index >= 15 is 0 Å². The summed E-state index contributed by atoms with van der Waals surface area (Å²) in [7, 11) is 4.10. The van der Waals surface area contributed by atoms with Crippen LogP contribution in [0.25, 0.3) is 0 Å². The lowest BCUT2D eigenvalue weighted by Crippen LogP contribution is -2.57. The third-order valence-corrected chi connectivity index (χ3v) is 20.0. The topological polar surface area (TPSA) is 461 Å². The zero-order valence-electron chi connectivity index (χ0n) is 71.7. The van der Waals surface area contributed by atoms with Crippen LogP contribution in [0.1, 0.15) is 97.8 Å². The van der Waals surface area contributed by atoms with E-state index < -0.39 is 104 Å². The maximum absolute atomic E-state index is 13.0. The first-order valence-corrected chi connectivity index (χ1v) is 41.6. The highest BCUT2D eigenvalue weighted by molar-refractivity contribution is 4.88. The van der Waals surface area contributed by atoms with Crippen LogP contribution in [0.3, 0.4) is 0 Å². The summed E-state index contributed by atoms with van der Waals surface area (Å²) < 4.78 is 79.0. The summed E-state index contributed by atoms with van der Waals surface area (Å²) in [6.07, 6.45) is 18.8. The molecule has 42 nitrogen and oxygen atoms in total. The van der Waals surface area contributed by atoms with E-state index in [4.69, 9.17) is 56.8 Å². The lowest BCUT2D eigenvalue weighted by molar-refractivity contribution is 0.0393. The highest BCUT2D eigenvalue weighted by atomic mass is 16.6. The zero-order chi connectivity index (χ0) is 89.8. The molecular formula is C81H123N15O27. The van der Waals surface area contributed by atoms with Gasteiger partial charge in [0.1, 0.15) is 12.2 Å². The Hall–Kier alpha value is -9.99. The molecule has 123 heavy (non-hydrogen) atoms. The van der Waals surface area contributed by atoms with Crippen LogP contribution in [0.15, 0.2) is 148 Å². The Kier molecular flexibility index (Phi) is 41.8. The Morgan fingerprint density at radius 2 is 0.528 bits per heavy atom. The second-order valence-corrected chi connectivity index (χ2v) is 30.1. The van der Waals surface area contributed by atoms with Gasteiger partial charge in [0.15, 0.2) is 0 Å². The summed E-state index contributed by atoms with van der Waals surface area (Å²) >= 11 is 0. The van der Waals surface area contributed by atoms with E-state index in [1.54, 1.807) is 45.1 Å². The SMILES string of the molecule is C=CCCCCn1c(=O)n(CCCCC=C)c(=O)n(CCCCC2CO2)c1=O.C=CCOC(C)Cn1c(=O)n(CC(C)OCC=C)c(=O)n(CC(C)OCC2CO2)c1=O.C=CCOCCn1c(=O)n(CCOCC=C)c(=O)n(CCOCC2CO2)c1=O.Cn1c(=O)n(C)c(=O)n(CCC2CO2)c1=O.Cn1c(=O)n(CCC2CO2)c(=O)n(CCC2CO2)c1=O. The molecule has 5 aromatic heterocycles. The summed E-state index contributed by atoms with van der Waals surface area (Å²) in [5.74, 6) is 0. The number of nitrogens with zero attached hydrogens (tertiary/aromatic N) is 15. The van der Waals surface area contributed by atoms with Gasteiger partial charge in [0.2, 0.25) is 0 Å². The minimum Gasteiger partial charge on any atom is -0.377 e. The number of allylic oxidation sites excluding steroid dienone is 2. The van der Waals surface area contributed by atoms with E-state index in [0.29, 0.717) is 117 Å². The molecule has 0 amide bonds. The molecule has 9 atom stereocenters. The minimum atomic E-state index is -0.700. The number of ether oxygens (including phenoxy) is 12. The monoisotopic (exact) mass is 1740 g/mol. The third-order valence-electron chi connectivity index (χ3n) is 20.0. The van der Waals surface area contributed by atoms with Gasteiger partial charge >= 0.3 is 85.3 Å². The molecule has 6 fully saturated rings. The number of hydrogen-bond acceptors (Lipinski definition) is 27. The number of rotatable bonds is 54. The highest BCUT2D eigenvalue weighted by Crippen LogP contribution is 2.18. The van der Waals surface area contributed by atoms with Crippen molar-refractivity contribution in [3.63, 3.8) is 0 Å². The summed E-state index contributed by atoms with van der Waals surface area (Å²) in [5, 5.41) is 0. The Morgan fingerprint density at radius 3 is 0.837 bits per heavy atom. The van der Waals surface area contributed by atoms with Crippen LogP contribution in [-0.2, 0) is 157 Å². The van der Waals surface area contributed by atoms with Gasteiger partial charge in [-0.3, -0.25) is 0 Å². The molecule has 5 aromatic rings. The van der Waals surface area contributed by atoms with Crippen molar-refractivity contribution in [3.05, 3.63) is 233 Å². The first kappa shape index (κ1) is 100. The van der Waals surface area contributed by atoms with Crippen LogP contribution in [-0.4, -0.2) is 223 Å². The maximum Gasteiger partial charge on any atom is 0.336 e. The van der Waals surface area contributed by atoms with Gasteiger partial charge in [0, 0.05) is 60.4 Å². The summed E-state index contributed by atoms with van der Waals surface area (Å²) in [6.45, 7) is 35.4. The second-order valence-electron chi connectivity index (χ2n) is 30.1. The molecule has 0 N–H and O–H groups in total. The van der Waals surface area contributed by atoms with Gasteiger partial charge in [-0.05, 0) is 97.8 Å². The van der Waals surface area contributed by atoms with Crippen LogP contribution in [0.5, 0.6) is 0 Å². The summed E-state index contributed by atoms with van der Waals surface area (Å²) in [6, 6.07) is 0. The van der Waals surface area contributed by atoms with Crippen LogP contribution in [0.2, 0.25) is 0 Å². The van der Waals surface area contributed by atoms with Crippen molar-refractivity contribution in [1.82, 2.24) is 68.5 Å². The van der Waals surface area contributed by atoms with Crippen LogP contribution < -0.4 is 85.3 Å². The van der Waals surface area contributed by atoms with E-state index in [9.17, 15) is 71.9 Å². The molecule has 6 aliphatic heterocycles. The molecule has 684 valence electrons. The number of unbranched alkanes of at least 4 members (excludes halogenated alkanes) is 5. The van der Waals surface area contributed by atoms with Crippen molar-refractivity contribution >= 4 is 0 Å². The molecular weight excluding hydrogens is 1610 g/mol. The Balaban J connectivity index is 0.000000215. The number of hydrogen-bond donors (Lipinski definition) is 0. The largest absolute Gasteiger partial charge is 0.377 e. The fourth-order valence-corrected chi connectivity index (χ4v) is 12.4. The first-order valence-electron chi connectivity index (χ1n) is 41.6. The molecule has 11 rings (SSSR count).